The van der Waals surface area contributed by atoms with E-state index in [-0.39, 0.29) is 17.9 Å². The number of aliphatic hydroxyl groups is 1. The molecule has 3 aromatic rings. The van der Waals surface area contributed by atoms with Gasteiger partial charge in [-0.2, -0.15) is 0 Å². The lowest BCUT2D eigenvalue weighted by Crippen LogP contribution is -2.29. The van der Waals surface area contributed by atoms with Crippen molar-refractivity contribution in [3.05, 3.63) is 89.3 Å². The Labute approximate surface area is 196 Å². The Balaban J connectivity index is 1.64. The zero-order valence-corrected chi connectivity index (χ0v) is 18.4. The number of rotatable bonds is 5. The number of carbonyl (C=O) groups is 2. The van der Waals surface area contributed by atoms with Crippen LogP contribution in [0.4, 0.5) is 0 Å². The molecule has 1 fully saturated rings. The van der Waals surface area contributed by atoms with Crippen LogP contribution < -0.4 is 14.2 Å². The molecule has 8 nitrogen and oxygen atoms in total. The van der Waals surface area contributed by atoms with Gasteiger partial charge in [0.25, 0.3) is 11.7 Å². The first-order valence-electron chi connectivity index (χ1n) is 10.8. The molecule has 1 N–H and O–H groups in total. The second kappa shape index (κ2) is 8.90. The highest BCUT2D eigenvalue weighted by atomic mass is 16.6. The third-order valence-electron chi connectivity index (χ3n) is 5.84. The minimum atomic E-state index is -0.816. The van der Waals surface area contributed by atoms with Gasteiger partial charge in [0.2, 0.25) is 0 Å². The molecule has 0 aliphatic carbocycles. The van der Waals surface area contributed by atoms with E-state index in [0.717, 1.165) is 5.56 Å². The molecular formula is C26H22N2O6. The van der Waals surface area contributed by atoms with Crippen LogP contribution >= 0.6 is 0 Å². The Morgan fingerprint density at radius 3 is 2.68 bits per heavy atom. The lowest BCUT2D eigenvalue weighted by molar-refractivity contribution is -0.140. The van der Waals surface area contributed by atoms with Crippen molar-refractivity contribution in [3.63, 3.8) is 0 Å². The molecule has 5 rings (SSSR count). The summed E-state index contributed by atoms with van der Waals surface area (Å²) in [4.78, 5) is 31.9. The number of pyridine rings is 1. The third-order valence-corrected chi connectivity index (χ3v) is 5.84. The van der Waals surface area contributed by atoms with E-state index in [9.17, 15) is 14.7 Å². The monoisotopic (exact) mass is 458 g/mol. The van der Waals surface area contributed by atoms with Gasteiger partial charge in [0.05, 0.1) is 18.7 Å². The average Bonchev–Trinajstić information content (AvgIpc) is 3.13. The van der Waals surface area contributed by atoms with E-state index >= 15 is 0 Å². The van der Waals surface area contributed by atoms with E-state index in [0.29, 0.717) is 41.6 Å². The minimum absolute atomic E-state index is 0.00109. The number of aromatic nitrogens is 1. The number of aliphatic hydroxyl groups excluding tert-OH is 1. The first-order chi connectivity index (χ1) is 16.6. The first-order valence-corrected chi connectivity index (χ1v) is 10.8. The number of ketones is 1. The minimum Gasteiger partial charge on any atom is -0.507 e. The fraction of sp³-hybridized carbons (Fsp3) is 0.192. The molecule has 0 spiro atoms. The molecule has 172 valence electrons. The van der Waals surface area contributed by atoms with Crippen molar-refractivity contribution in [2.24, 2.45) is 0 Å². The number of carbonyl (C=O) groups excluding carboxylic acids is 2. The predicted octanol–water partition coefficient (Wildman–Crippen LogP) is 3.48. The van der Waals surface area contributed by atoms with Crippen LogP contribution in [0.2, 0.25) is 0 Å². The smallest absolute Gasteiger partial charge is 0.295 e. The van der Waals surface area contributed by atoms with Crippen molar-refractivity contribution in [1.29, 1.82) is 0 Å². The Morgan fingerprint density at radius 2 is 1.91 bits per heavy atom. The highest BCUT2D eigenvalue weighted by Gasteiger charge is 2.46. The molecule has 1 amide bonds. The van der Waals surface area contributed by atoms with E-state index in [2.05, 4.69) is 4.98 Å². The summed E-state index contributed by atoms with van der Waals surface area (Å²) in [6.45, 7) is 0.975. The van der Waals surface area contributed by atoms with Gasteiger partial charge in [-0.05, 0) is 47.5 Å². The number of Topliss-reactive ketones (excluding diaryl/α,β-unsaturated/α-hetero) is 1. The number of hydrogen-bond donors (Lipinski definition) is 1. The fourth-order valence-electron chi connectivity index (χ4n) is 4.24. The Hall–Kier alpha value is -4.33. The number of methoxy groups -OCH3 is 1. The molecule has 0 bridgehead atoms. The van der Waals surface area contributed by atoms with E-state index in [1.807, 2.05) is 6.07 Å². The molecule has 0 unspecified atom stereocenters. The normalized spacial score (nSPS) is 18.7. The average molecular weight is 458 g/mol. The number of amides is 1. The van der Waals surface area contributed by atoms with Crippen LogP contribution in [0.5, 0.6) is 17.2 Å². The van der Waals surface area contributed by atoms with Gasteiger partial charge in [-0.25, -0.2) is 0 Å². The quantitative estimate of drug-likeness (QED) is 0.355. The number of likely N-dealkylation sites (tertiary alicyclic amines) is 1. The van der Waals surface area contributed by atoms with Crippen LogP contribution in [0.15, 0.2) is 72.6 Å². The number of ether oxygens (including phenoxy) is 3. The number of hydrogen-bond acceptors (Lipinski definition) is 7. The molecule has 1 saturated heterocycles. The van der Waals surface area contributed by atoms with Crippen molar-refractivity contribution in [3.8, 4) is 17.2 Å². The van der Waals surface area contributed by atoms with Gasteiger partial charge >= 0.3 is 0 Å². The fourth-order valence-corrected chi connectivity index (χ4v) is 4.24. The SMILES string of the molecule is COc1cccc([C@H]2C(=C(O)c3ccc4c(c3)OCCO4)C(=O)C(=O)N2Cc2cccnc2)c1. The molecule has 0 radical (unpaired) electrons. The van der Waals surface area contributed by atoms with Gasteiger partial charge in [-0.15, -0.1) is 0 Å². The maximum absolute atomic E-state index is 13.2. The van der Waals surface area contributed by atoms with E-state index in [1.54, 1.807) is 68.0 Å². The van der Waals surface area contributed by atoms with Crippen LogP contribution in [0.3, 0.4) is 0 Å². The van der Waals surface area contributed by atoms with Gasteiger partial charge in [0.15, 0.2) is 11.5 Å². The zero-order chi connectivity index (χ0) is 23.7. The molecule has 1 atom stereocenters. The van der Waals surface area contributed by atoms with Crippen molar-refractivity contribution in [1.82, 2.24) is 9.88 Å². The lowest BCUT2D eigenvalue weighted by Gasteiger charge is -2.25. The molecule has 2 aromatic carbocycles. The van der Waals surface area contributed by atoms with E-state index in [4.69, 9.17) is 14.2 Å². The van der Waals surface area contributed by atoms with E-state index in [1.165, 1.54) is 4.90 Å². The third kappa shape index (κ3) is 3.83. The van der Waals surface area contributed by atoms with Crippen LogP contribution in [0.25, 0.3) is 5.76 Å². The number of nitrogens with zero attached hydrogens (tertiary/aromatic N) is 2. The summed E-state index contributed by atoms with van der Waals surface area (Å²) in [5.74, 6) is -0.137. The van der Waals surface area contributed by atoms with E-state index < -0.39 is 17.7 Å². The largest absolute Gasteiger partial charge is 0.507 e. The Morgan fingerprint density at radius 1 is 1.09 bits per heavy atom. The van der Waals surface area contributed by atoms with Crippen LogP contribution in [0.1, 0.15) is 22.7 Å². The van der Waals surface area contributed by atoms with Crippen LogP contribution in [0, 0.1) is 0 Å². The summed E-state index contributed by atoms with van der Waals surface area (Å²) >= 11 is 0. The maximum Gasteiger partial charge on any atom is 0.295 e. The van der Waals surface area contributed by atoms with Gasteiger partial charge in [0, 0.05) is 24.5 Å². The van der Waals surface area contributed by atoms with Gasteiger partial charge in [-0.1, -0.05) is 18.2 Å². The Bertz CT molecular complexity index is 1290. The summed E-state index contributed by atoms with van der Waals surface area (Å²) in [5.41, 5.74) is 1.76. The maximum atomic E-state index is 13.2. The lowest BCUT2D eigenvalue weighted by atomic mass is 9.95. The van der Waals surface area contributed by atoms with Crippen molar-refractivity contribution in [2.45, 2.75) is 12.6 Å². The van der Waals surface area contributed by atoms with Gasteiger partial charge < -0.3 is 24.2 Å². The predicted molar refractivity (Wildman–Crippen MR) is 123 cm³/mol. The molecule has 2 aliphatic heterocycles. The van der Waals surface area contributed by atoms with Crippen LogP contribution in [-0.2, 0) is 16.1 Å². The molecule has 0 saturated carbocycles. The van der Waals surface area contributed by atoms with Crippen molar-refractivity contribution >= 4 is 17.4 Å². The number of benzene rings is 2. The summed E-state index contributed by atoms with van der Waals surface area (Å²) in [7, 11) is 1.54. The highest BCUT2D eigenvalue weighted by molar-refractivity contribution is 6.46. The number of fused-ring (bicyclic) bond motifs is 1. The van der Waals surface area contributed by atoms with Crippen molar-refractivity contribution < 1.29 is 28.9 Å². The molecule has 3 heterocycles. The second-order valence-corrected chi connectivity index (χ2v) is 7.92. The molecular weight excluding hydrogens is 436 g/mol. The summed E-state index contributed by atoms with van der Waals surface area (Å²) in [6, 6.07) is 14.8. The molecule has 2 aliphatic rings. The topological polar surface area (TPSA) is 98.2 Å². The summed E-state index contributed by atoms with van der Waals surface area (Å²) in [6.07, 6.45) is 3.28. The molecule has 1 aromatic heterocycles. The molecule has 8 heteroatoms. The van der Waals surface area contributed by atoms with Crippen molar-refractivity contribution in [2.75, 3.05) is 20.3 Å². The molecule has 34 heavy (non-hydrogen) atoms. The summed E-state index contributed by atoms with van der Waals surface area (Å²) in [5, 5.41) is 11.3. The highest BCUT2D eigenvalue weighted by Crippen LogP contribution is 2.42. The van der Waals surface area contributed by atoms with Gasteiger partial charge in [0.1, 0.15) is 24.7 Å². The standard InChI is InChI=1S/C26H22N2O6/c1-32-19-6-2-5-17(12-19)23-22(24(29)18-7-8-20-21(13-18)34-11-10-33-20)25(30)26(31)28(23)15-16-4-3-9-27-14-16/h2-9,12-14,23,29H,10-11,15H2,1H3/t23-/m0/s1. The van der Waals surface area contributed by atoms with Gasteiger partial charge in [-0.3, -0.25) is 14.6 Å². The second-order valence-electron chi connectivity index (χ2n) is 7.92. The summed E-state index contributed by atoms with van der Waals surface area (Å²) < 4.78 is 16.5. The van der Waals surface area contributed by atoms with Crippen LogP contribution in [-0.4, -0.2) is 47.0 Å². The Kier molecular flexibility index (Phi) is 5.63. The zero-order valence-electron chi connectivity index (χ0n) is 18.4. The first kappa shape index (κ1) is 21.5.